The van der Waals surface area contributed by atoms with E-state index in [0.29, 0.717) is 17.4 Å². The second kappa shape index (κ2) is 14.7. The van der Waals surface area contributed by atoms with Crippen LogP contribution in [0.3, 0.4) is 0 Å². The maximum atomic E-state index is 6.73. The lowest BCUT2D eigenvalue weighted by Crippen LogP contribution is -2.36. The summed E-state index contributed by atoms with van der Waals surface area (Å²) in [5, 5.41) is 0. The zero-order chi connectivity index (χ0) is 20.0. The molecule has 1 heteroatoms. The SMILES string of the molecule is CC/C=C\CC(N)C(CCC(C)C(CC)(CC)CCC)C(CC)CCC. The first kappa shape index (κ1) is 25.7. The van der Waals surface area contributed by atoms with Crippen molar-refractivity contribution >= 4 is 0 Å². The summed E-state index contributed by atoms with van der Waals surface area (Å²) < 4.78 is 0. The smallest absolute Gasteiger partial charge is 0.0104 e. The fourth-order valence-electron chi connectivity index (χ4n) is 5.28. The van der Waals surface area contributed by atoms with Crippen molar-refractivity contribution in [2.75, 3.05) is 0 Å². The fraction of sp³-hybridized carbons (Fsp3) is 0.920. The molecule has 0 saturated carbocycles. The van der Waals surface area contributed by atoms with Crippen LogP contribution in [0, 0.1) is 23.2 Å². The first-order chi connectivity index (χ1) is 12.5. The van der Waals surface area contributed by atoms with Crippen molar-refractivity contribution in [2.45, 2.75) is 125 Å². The standard InChI is InChI=1S/C25H51N/c1-8-14-15-17-24(26)23(22(11-4)16-9-2)19-18-21(7)25(12-5,13-6)20-10-3/h14-15,21-24H,8-13,16-20,26H2,1-7H3/b15-14-. The Hall–Kier alpha value is -0.300. The van der Waals surface area contributed by atoms with E-state index < -0.39 is 0 Å². The van der Waals surface area contributed by atoms with Gasteiger partial charge in [0, 0.05) is 6.04 Å². The quantitative estimate of drug-likeness (QED) is 0.274. The zero-order valence-corrected chi connectivity index (χ0v) is 19.3. The molecule has 0 radical (unpaired) electrons. The molecule has 0 aromatic rings. The molecule has 0 amide bonds. The first-order valence-corrected chi connectivity index (χ1v) is 11.9. The lowest BCUT2D eigenvalue weighted by Gasteiger charge is -2.40. The molecular weight excluding hydrogens is 314 g/mol. The van der Waals surface area contributed by atoms with E-state index in [2.05, 4.69) is 60.6 Å². The third kappa shape index (κ3) is 8.15. The van der Waals surface area contributed by atoms with E-state index >= 15 is 0 Å². The minimum Gasteiger partial charge on any atom is -0.327 e. The summed E-state index contributed by atoms with van der Waals surface area (Å²) in [4.78, 5) is 0. The Balaban J connectivity index is 5.12. The van der Waals surface area contributed by atoms with Crippen molar-refractivity contribution < 1.29 is 0 Å². The normalized spacial score (nSPS) is 17.4. The molecule has 0 aliphatic rings. The van der Waals surface area contributed by atoms with Gasteiger partial charge < -0.3 is 5.73 Å². The monoisotopic (exact) mass is 365 g/mol. The summed E-state index contributed by atoms with van der Waals surface area (Å²) in [6, 6.07) is 0.324. The van der Waals surface area contributed by atoms with Crippen molar-refractivity contribution in [3.63, 3.8) is 0 Å². The van der Waals surface area contributed by atoms with Crippen molar-refractivity contribution in [1.82, 2.24) is 0 Å². The van der Waals surface area contributed by atoms with Crippen LogP contribution in [0.5, 0.6) is 0 Å². The van der Waals surface area contributed by atoms with E-state index in [9.17, 15) is 0 Å². The maximum absolute atomic E-state index is 6.73. The highest BCUT2D eigenvalue weighted by Gasteiger charge is 2.33. The summed E-state index contributed by atoms with van der Waals surface area (Å²) in [6.45, 7) is 16.6. The second-order valence-corrected chi connectivity index (χ2v) is 8.70. The van der Waals surface area contributed by atoms with Gasteiger partial charge in [-0.25, -0.2) is 0 Å². The van der Waals surface area contributed by atoms with Gasteiger partial charge in [0.1, 0.15) is 0 Å². The van der Waals surface area contributed by atoms with E-state index in [0.717, 1.165) is 24.7 Å². The molecule has 2 N–H and O–H groups in total. The third-order valence-electron chi connectivity index (χ3n) is 7.28. The van der Waals surface area contributed by atoms with Gasteiger partial charge in [-0.1, -0.05) is 99.1 Å². The summed E-state index contributed by atoms with van der Waals surface area (Å²) in [6.07, 6.45) is 18.6. The summed E-state index contributed by atoms with van der Waals surface area (Å²) in [7, 11) is 0. The number of hydrogen-bond acceptors (Lipinski definition) is 1. The van der Waals surface area contributed by atoms with Crippen molar-refractivity contribution in [2.24, 2.45) is 28.9 Å². The molecular formula is C25H51N. The summed E-state index contributed by atoms with van der Waals surface area (Å²) in [5.74, 6) is 2.27. The molecule has 4 unspecified atom stereocenters. The number of allylic oxidation sites excluding steroid dienone is 1. The van der Waals surface area contributed by atoms with Gasteiger partial charge in [0.2, 0.25) is 0 Å². The molecule has 0 rings (SSSR count). The van der Waals surface area contributed by atoms with Gasteiger partial charge in [0.05, 0.1) is 0 Å². The topological polar surface area (TPSA) is 26.0 Å². The molecule has 0 heterocycles. The molecule has 0 spiro atoms. The fourth-order valence-corrected chi connectivity index (χ4v) is 5.28. The Morgan fingerprint density at radius 1 is 0.846 bits per heavy atom. The Labute approximate surface area is 166 Å². The minimum atomic E-state index is 0.324. The van der Waals surface area contributed by atoms with Gasteiger partial charge in [0.25, 0.3) is 0 Å². The summed E-state index contributed by atoms with van der Waals surface area (Å²) >= 11 is 0. The lowest BCUT2D eigenvalue weighted by atomic mass is 9.66. The van der Waals surface area contributed by atoms with Gasteiger partial charge in [0.15, 0.2) is 0 Å². The van der Waals surface area contributed by atoms with Crippen LogP contribution in [0.2, 0.25) is 0 Å². The molecule has 156 valence electrons. The van der Waals surface area contributed by atoms with Gasteiger partial charge >= 0.3 is 0 Å². The molecule has 0 fully saturated rings. The van der Waals surface area contributed by atoms with Crippen LogP contribution in [0.1, 0.15) is 119 Å². The Bertz CT molecular complexity index is 342. The lowest BCUT2D eigenvalue weighted by molar-refractivity contribution is 0.114. The van der Waals surface area contributed by atoms with Crippen molar-refractivity contribution in [3.8, 4) is 0 Å². The highest BCUT2D eigenvalue weighted by molar-refractivity contribution is 4.90. The van der Waals surface area contributed by atoms with E-state index in [1.165, 1.54) is 57.8 Å². The number of nitrogens with two attached hydrogens (primary N) is 1. The predicted molar refractivity (Wildman–Crippen MR) is 121 cm³/mol. The predicted octanol–water partition coefficient (Wildman–Crippen LogP) is 8.14. The van der Waals surface area contributed by atoms with E-state index in [4.69, 9.17) is 5.73 Å². The zero-order valence-electron chi connectivity index (χ0n) is 19.3. The van der Waals surface area contributed by atoms with E-state index in [1.807, 2.05) is 0 Å². The van der Waals surface area contributed by atoms with Gasteiger partial charge in [-0.05, 0) is 55.3 Å². The maximum Gasteiger partial charge on any atom is 0.0104 e. The molecule has 26 heavy (non-hydrogen) atoms. The molecule has 0 aromatic heterocycles. The first-order valence-electron chi connectivity index (χ1n) is 11.9. The molecule has 0 aliphatic carbocycles. The molecule has 0 bridgehead atoms. The van der Waals surface area contributed by atoms with Crippen molar-refractivity contribution in [3.05, 3.63) is 12.2 Å². The average molecular weight is 366 g/mol. The minimum absolute atomic E-state index is 0.324. The summed E-state index contributed by atoms with van der Waals surface area (Å²) in [5.41, 5.74) is 7.27. The van der Waals surface area contributed by atoms with Crippen LogP contribution in [0.4, 0.5) is 0 Å². The van der Waals surface area contributed by atoms with Gasteiger partial charge in [-0.2, -0.15) is 0 Å². The molecule has 0 aliphatic heterocycles. The van der Waals surface area contributed by atoms with Gasteiger partial charge in [-0.15, -0.1) is 0 Å². The Kier molecular flexibility index (Phi) is 14.6. The Morgan fingerprint density at radius 2 is 1.50 bits per heavy atom. The average Bonchev–Trinajstić information content (AvgIpc) is 2.65. The largest absolute Gasteiger partial charge is 0.327 e. The van der Waals surface area contributed by atoms with Crippen LogP contribution >= 0.6 is 0 Å². The van der Waals surface area contributed by atoms with Crippen LogP contribution < -0.4 is 5.73 Å². The van der Waals surface area contributed by atoms with Crippen LogP contribution in [0.25, 0.3) is 0 Å². The van der Waals surface area contributed by atoms with Crippen LogP contribution in [0.15, 0.2) is 12.2 Å². The van der Waals surface area contributed by atoms with Gasteiger partial charge in [-0.3, -0.25) is 0 Å². The van der Waals surface area contributed by atoms with Crippen molar-refractivity contribution in [1.29, 1.82) is 0 Å². The molecule has 0 aromatic carbocycles. The molecule has 1 nitrogen and oxygen atoms in total. The Morgan fingerprint density at radius 3 is 1.96 bits per heavy atom. The molecule has 4 atom stereocenters. The number of hydrogen-bond donors (Lipinski definition) is 1. The van der Waals surface area contributed by atoms with E-state index in [1.54, 1.807) is 0 Å². The van der Waals surface area contributed by atoms with E-state index in [-0.39, 0.29) is 0 Å². The highest BCUT2D eigenvalue weighted by Crippen LogP contribution is 2.43. The highest BCUT2D eigenvalue weighted by atomic mass is 14.7. The number of rotatable bonds is 16. The third-order valence-corrected chi connectivity index (χ3v) is 7.28. The second-order valence-electron chi connectivity index (χ2n) is 8.70. The van der Waals surface area contributed by atoms with Crippen LogP contribution in [-0.2, 0) is 0 Å². The molecule has 0 saturated heterocycles. The van der Waals surface area contributed by atoms with Crippen LogP contribution in [-0.4, -0.2) is 6.04 Å².